The summed E-state index contributed by atoms with van der Waals surface area (Å²) in [6.07, 6.45) is 1.67. The van der Waals surface area contributed by atoms with Gasteiger partial charge >= 0.3 is 0 Å². The van der Waals surface area contributed by atoms with Crippen molar-refractivity contribution in [2.75, 3.05) is 5.32 Å². The van der Waals surface area contributed by atoms with Gasteiger partial charge in [0, 0.05) is 17.3 Å². The first-order valence-electron chi connectivity index (χ1n) is 8.00. The molecular weight excluding hydrogens is 349 g/mol. The molecule has 6 heteroatoms. The van der Waals surface area contributed by atoms with Crippen LogP contribution in [0.3, 0.4) is 0 Å². The Kier molecular flexibility index (Phi) is 4.18. The monoisotopic (exact) mass is 363 g/mol. The molecule has 0 aliphatic rings. The Morgan fingerprint density at radius 3 is 2.69 bits per heavy atom. The number of para-hydroxylation sites is 1. The van der Waals surface area contributed by atoms with Gasteiger partial charge in [-0.1, -0.05) is 18.2 Å². The molecule has 4 rings (SSSR count). The average molecular weight is 363 g/mol. The van der Waals surface area contributed by atoms with Gasteiger partial charge in [0.1, 0.15) is 16.6 Å². The second-order valence-electron chi connectivity index (χ2n) is 5.84. The summed E-state index contributed by atoms with van der Waals surface area (Å²) in [6, 6.07) is 15.9. The van der Waals surface area contributed by atoms with Crippen LogP contribution in [0.25, 0.3) is 20.8 Å². The van der Waals surface area contributed by atoms with Crippen molar-refractivity contribution in [2.24, 2.45) is 0 Å². The zero-order valence-corrected chi connectivity index (χ0v) is 14.7. The van der Waals surface area contributed by atoms with E-state index in [4.69, 9.17) is 0 Å². The molecule has 0 radical (unpaired) electrons. The van der Waals surface area contributed by atoms with Gasteiger partial charge in [-0.25, -0.2) is 14.4 Å². The molecule has 128 valence electrons. The zero-order chi connectivity index (χ0) is 18.1. The number of anilines is 1. The van der Waals surface area contributed by atoms with E-state index in [1.165, 1.54) is 6.07 Å². The molecular formula is C20H14FN3OS. The highest BCUT2D eigenvalue weighted by Crippen LogP contribution is 2.29. The number of carbonyl (C=O) groups excluding carboxylic acids is 1. The third-order valence-corrected chi connectivity index (χ3v) is 5.07. The first-order chi connectivity index (χ1) is 12.6. The minimum absolute atomic E-state index is 0.255. The number of rotatable bonds is 3. The Morgan fingerprint density at radius 1 is 1.12 bits per heavy atom. The van der Waals surface area contributed by atoms with E-state index in [-0.39, 0.29) is 5.56 Å². The van der Waals surface area contributed by atoms with Crippen LogP contribution in [-0.4, -0.2) is 15.9 Å². The minimum Gasteiger partial charge on any atom is -0.307 e. The first kappa shape index (κ1) is 16.4. The number of halogens is 1. The lowest BCUT2D eigenvalue weighted by atomic mass is 10.1. The molecule has 26 heavy (non-hydrogen) atoms. The van der Waals surface area contributed by atoms with E-state index in [1.807, 2.05) is 30.3 Å². The Bertz CT molecular complexity index is 1070. The minimum atomic E-state index is -0.406. The van der Waals surface area contributed by atoms with Crippen molar-refractivity contribution in [1.82, 2.24) is 9.97 Å². The number of hydrogen-bond acceptors (Lipinski definition) is 4. The van der Waals surface area contributed by atoms with Crippen LogP contribution in [0.15, 0.2) is 60.8 Å². The van der Waals surface area contributed by atoms with Gasteiger partial charge in [-0.2, -0.15) is 0 Å². The Labute approximate surface area is 153 Å². The summed E-state index contributed by atoms with van der Waals surface area (Å²) in [5.74, 6) is -0.401. The maximum atomic E-state index is 13.6. The van der Waals surface area contributed by atoms with E-state index in [2.05, 4.69) is 15.3 Å². The molecule has 0 bridgehead atoms. The number of pyridine rings is 1. The SMILES string of the molecule is Cc1ccc(C(=O)Nc2ccc(-c3nc4ccccc4s3)cn2)cc1F. The van der Waals surface area contributed by atoms with Crippen LogP contribution in [0.1, 0.15) is 15.9 Å². The van der Waals surface area contributed by atoms with Gasteiger partial charge in [-0.05, 0) is 48.9 Å². The fraction of sp³-hybridized carbons (Fsp3) is 0.0500. The summed E-state index contributed by atoms with van der Waals surface area (Å²) in [6.45, 7) is 1.65. The van der Waals surface area contributed by atoms with Gasteiger partial charge in [0.2, 0.25) is 0 Å². The van der Waals surface area contributed by atoms with Crippen LogP contribution in [-0.2, 0) is 0 Å². The summed E-state index contributed by atoms with van der Waals surface area (Å²) < 4.78 is 14.7. The van der Waals surface area contributed by atoms with Gasteiger partial charge in [0.05, 0.1) is 10.2 Å². The van der Waals surface area contributed by atoms with Crippen molar-refractivity contribution < 1.29 is 9.18 Å². The molecule has 0 aliphatic heterocycles. The molecule has 0 aliphatic carbocycles. The second kappa shape index (κ2) is 6.65. The van der Waals surface area contributed by atoms with Gasteiger partial charge in [-0.3, -0.25) is 4.79 Å². The molecule has 4 aromatic rings. The van der Waals surface area contributed by atoms with E-state index >= 15 is 0 Å². The third kappa shape index (κ3) is 3.19. The molecule has 0 unspecified atom stereocenters. The number of thiazole rings is 1. The molecule has 0 atom stereocenters. The van der Waals surface area contributed by atoms with Gasteiger partial charge in [0.15, 0.2) is 0 Å². The molecule has 0 spiro atoms. The maximum absolute atomic E-state index is 13.6. The second-order valence-corrected chi connectivity index (χ2v) is 6.87. The third-order valence-electron chi connectivity index (χ3n) is 3.98. The lowest BCUT2D eigenvalue weighted by Gasteiger charge is -2.06. The Balaban J connectivity index is 1.53. The van der Waals surface area contributed by atoms with Crippen LogP contribution in [0.4, 0.5) is 10.2 Å². The Hall–Kier alpha value is -3.12. The van der Waals surface area contributed by atoms with Crippen LogP contribution >= 0.6 is 11.3 Å². The topological polar surface area (TPSA) is 54.9 Å². The average Bonchev–Trinajstić information content (AvgIpc) is 3.08. The number of fused-ring (bicyclic) bond motifs is 1. The molecule has 2 aromatic carbocycles. The van der Waals surface area contributed by atoms with E-state index in [1.54, 1.807) is 42.7 Å². The number of nitrogens with one attached hydrogen (secondary N) is 1. The number of carbonyl (C=O) groups is 1. The van der Waals surface area contributed by atoms with Crippen LogP contribution in [0, 0.1) is 12.7 Å². The van der Waals surface area contributed by atoms with E-state index < -0.39 is 11.7 Å². The summed E-state index contributed by atoms with van der Waals surface area (Å²) >= 11 is 1.59. The fourth-order valence-electron chi connectivity index (χ4n) is 2.51. The molecule has 0 fully saturated rings. The van der Waals surface area contributed by atoms with Crippen molar-refractivity contribution in [1.29, 1.82) is 0 Å². The molecule has 0 saturated heterocycles. The highest BCUT2D eigenvalue weighted by Gasteiger charge is 2.10. The Morgan fingerprint density at radius 2 is 1.96 bits per heavy atom. The summed E-state index contributed by atoms with van der Waals surface area (Å²) in [7, 11) is 0. The van der Waals surface area contributed by atoms with E-state index in [0.717, 1.165) is 20.8 Å². The number of aryl methyl sites for hydroxylation is 1. The van der Waals surface area contributed by atoms with Crippen molar-refractivity contribution in [2.45, 2.75) is 6.92 Å². The van der Waals surface area contributed by atoms with E-state index in [0.29, 0.717) is 11.4 Å². The van der Waals surface area contributed by atoms with Crippen molar-refractivity contribution in [3.8, 4) is 10.6 Å². The molecule has 1 amide bonds. The van der Waals surface area contributed by atoms with Gasteiger partial charge in [0.25, 0.3) is 5.91 Å². The number of amides is 1. The number of hydrogen-bond donors (Lipinski definition) is 1. The zero-order valence-electron chi connectivity index (χ0n) is 13.9. The van der Waals surface area contributed by atoms with E-state index in [9.17, 15) is 9.18 Å². The van der Waals surface area contributed by atoms with Crippen LogP contribution in [0.2, 0.25) is 0 Å². The molecule has 4 nitrogen and oxygen atoms in total. The largest absolute Gasteiger partial charge is 0.307 e. The highest BCUT2D eigenvalue weighted by molar-refractivity contribution is 7.21. The number of nitrogens with zero attached hydrogens (tertiary/aromatic N) is 2. The van der Waals surface area contributed by atoms with Crippen LogP contribution in [0.5, 0.6) is 0 Å². The molecule has 2 aromatic heterocycles. The number of benzene rings is 2. The highest BCUT2D eigenvalue weighted by atomic mass is 32.1. The van der Waals surface area contributed by atoms with Gasteiger partial charge in [-0.15, -0.1) is 11.3 Å². The fourth-order valence-corrected chi connectivity index (χ4v) is 3.47. The predicted molar refractivity (Wildman–Crippen MR) is 102 cm³/mol. The van der Waals surface area contributed by atoms with Crippen LogP contribution < -0.4 is 5.32 Å². The van der Waals surface area contributed by atoms with Crippen molar-refractivity contribution in [3.05, 3.63) is 77.7 Å². The first-order valence-corrected chi connectivity index (χ1v) is 8.81. The van der Waals surface area contributed by atoms with Crippen molar-refractivity contribution >= 4 is 33.3 Å². The maximum Gasteiger partial charge on any atom is 0.256 e. The quantitative estimate of drug-likeness (QED) is 0.554. The number of aromatic nitrogens is 2. The standard InChI is InChI=1S/C20H14FN3OS/c1-12-6-7-13(10-15(12)21)19(25)24-18-9-8-14(11-22-18)20-23-16-4-2-3-5-17(16)26-20/h2-11H,1H3,(H,22,24,25). The summed E-state index contributed by atoms with van der Waals surface area (Å²) in [5, 5.41) is 3.55. The smallest absolute Gasteiger partial charge is 0.256 e. The van der Waals surface area contributed by atoms with Gasteiger partial charge < -0.3 is 5.32 Å². The summed E-state index contributed by atoms with van der Waals surface area (Å²) in [4.78, 5) is 21.1. The van der Waals surface area contributed by atoms with Crippen molar-refractivity contribution in [3.63, 3.8) is 0 Å². The lowest BCUT2D eigenvalue weighted by molar-refractivity contribution is 0.102. The normalized spacial score (nSPS) is 10.8. The molecule has 0 saturated carbocycles. The molecule has 2 heterocycles. The molecule has 1 N–H and O–H groups in total. The summed E-state index contributed by atoms with van der Waals surface area (Å²) in [5.41, 5.74) is 2.59. The lowest BCUT2D eigenvalue weighted by Crippen LogP contribution is -2.13. The predicted octanol–water partition coefficient (Wildman–Crippen LogP) is 5.06.